The second-order valence-corrected chi connectivity index (χ2v) is 4.59. The van der Waals surface area contributed by atoms with Gasteiger partial charge in [-0.25, -0.2) is 4.79 Å². The van der Waals surface area contributed by atoms with Crippen LogP contribution in [0.15, 0.2) is 54.6 Å². The molecule has 22 heavy (non-hydrogen) atoms. The standard InChI is InChI=1S/C17H16O5/c1-21-14-11-7-6-10-13(14)17(22-2,16(19)20)15(18)12-8-4-3-5-9-12/h3-11H,1-2H3,(H,19,20). The van der Waals surface area contributed by atoms with E-state index in [0.717, 1.165) is 0 Å². The van der Waals surface area contributed by atoms with Crippen LogP contribution in [0.1, 0.15) is 15.9 Å². The predicted molar refractivity (Wildman–Crippen MR) is 80.1 cm³/mol. The van der Waals surface area contributed by atoms with Gasteiger partial charge in [-0.3, -0.25) is 4.79 Å². The molecule has 0 radical (unpaired) electrons. The van der Waals surface area contributed by atoms with Gasteiger partial charge < -0.3 is 14.6 Å². The Labute approximate surface area is 128 Å². The molecule has 0 aliphatic heterocycles. The van der Waals surface area contributed by atoms with Crippen molar-refractivity contribution < 1.29 is 24.2 Å². The topological polar surface area (TPSA) is 72.8 Å². The maximum Gasteiger partial charge on any atom is 0.349 e. The minimum atomic E-state index is -2.16. The normalized spacial score (nSPS) is 13.2. The van der Waals surface area contributed by atoms with Gasteiger partial charge in [-0.1, -0.05) is 48.5 Å². The molecule has 5 heteroatoms. The van der Waals surface area contributed by atoms with Crippen LogP contribution < -0.4 is 4.74 Å². The number of para-hydroxylation sites is 1. The van der Waals surface area contributed by atoms with Crippen molar-refractivity contribution >= 4 is 11.8 Å². The molecule has 0 aromatic heterocycles. The van der Waals surface area contributed by atoms with Crippen LogP contribution in [0, 0.1) is 0 Å². The molecule has 0 bridgehead atoms. The van der Waals surface area contributed by atoms with E-state index in [1.54, 1.807) is 48.5 Å². The van der Waals surface area contributed by atoms with Crippen LogP contribution in [0.5, 0.6) is 5.75 Å². The zero-order valence-electron chi connectivity index (χ0n) is 12.3. The van der Waals surface area contributed by atoms with E-state index in [4.69, 9.17) is 9.47 Å². The summed E-state index contributed by atoms with van der Waals surface area (Å²) in [4.78, 5) is 24.8. The van der Waals surface area contributed by atoms with Crippen molar-refractivity contribution in [1.29, 1.82) is 0 Å². The van der Waals surface area contributed by atoms with Crippen LogP contribution in [0.4, 0.5) is 0 Å². The molecule has 2 aromatic carbocycles. The Morgan fingerprint density at radius 1 is 0.955 bits per heavy atom. The third kappa shape index (κ3) is 2.46. The number of aliphatic carboxylic acids is 1. The van der Waals surface area contributed by atoms with E-state index < -0.39 is 17.4 Å². The second-order valence-electron chi connectivity index (χ2n) is 4.59. The van der Waals surface area contributed by atoms with Crippen LogP contribution in [0.25, 0.3) is 0 Å². The largest absolute Gasteiger partial charge is 0.496 e. The number of ketones is 1. The Bertz CT molecular complexity index is 680. The fourth-order valence-electron chi connectivity index (χ4n) is 2.35. The third-order valence-corrected chi connectivity index (χ3v) is 3.45. The van der Waals surface area contributed by atoms with Crippen molar-refractivity contribution in [3.8, 4) is 5.75 Å². The average molecular weight is 300 g/mol. The molecule has 0 fully saturated rings. The monoisotopic (exact) mass is 300 g/mol. The summed E-state index contributed by atoms with van der Waals surface area (Å²) < 4.78 is 10.4. The van der Waals surface area contributed by atoms with Gasteiger partial charge in [0.1, 0.15) is 5.75 Å². The molecule has 0 spiro atoms. The number of carbonyl (C=O) groups excluding carboxylic acids is 1. The fourth-order valence-corrected chi connectivity index (χ4v) is 2.35. The molecule has 0 heterocycles. The minimum Gasteiger partial charge on any atom is -0.496 e. The first-order valence-corrected chi connectivity index (χ1v) is 6.59. The summed E-state index contributed by atoms with van der Waals surface area (Å²) in [5, 5.41) is 9.73. The number of ether oxygens (including phenoxy) is 2. The van der Waals surface area contributed by atoms with Crippen LogP contribution in [0.3, 0.4) is 0 Å². The summed E-state index contributed by atoms with van der Waals surface area (Å²) >= 11 is 0. The Balaban J connectivity index is 2.68. The number of methoxy groups -OCH3 is 2. The van der Waals surface area contributed by atoms with Crippen LogP contribution in [0.2, 0.25) is 0 Å². The van der Waals surface area contributed by atoms with Crippen LogP contribution >= 0.6 is 0 Å². The molecule has 0 aliphatic carbocycles. The van der Waals surface area contributed by atoms with E-state index in [0.29, 0.717) is 0 Å². The number of Topliss-reactive ketones (excluding diaryl/α,β-unsaturated/α-hetero) is 1. The first-order chi connectivity index (χ1) is 10.6. The summed E-state index contributed by atoms with van der Waals surface area (Å²) in [7, 11) is 2.61. The average Bonchev–Trinajstić information content (AvgIpc) is 2.56. The molecule has 5 nitrogen and oxygen atoms in total. The Morgan fingerprint density at radius 2 is 1.55 bits per heavy atom. The van der Waals surface area contributed by atoms with Crippen molar-refractivity contribution in [1.82, 2.24) is 0 Å². The molecule has 0 aliphatic rings. The first kappa shape index (κ1) is 15.7. The highest BCUT2D eigenvalue weighted by atomic mass is 16.5. The van der Waals surface area contributed by atoms with Gasteiger partial charge in [-0.05, 0) is 6.07 Å². The van der Waals surface area contributed by atoms with E-state index in [2.05, 4.69) is 0 Å². The zero-order chi connectivity index (χ0) is 16.2. The molecular weight excluding hydrogens is 284 g/mol. The lowest BCUT2D eigenvalue weighted by Gasteiger charge is -2.28. The van der Waals surface area contributed by atoms with E-state index in [1.807, 2.05) is 0 Å². The van der Waals surface area contributed by atoms with Gasteiger partial charge in [-0.15, -0.1) is 0 Å². The van der Waals surface area contributed by atoms with E-state index in [1.165, 1.54) is 20.3 Å². The molecule has 0 saturated carbocycles. The molecule has 2 rings (SSSR count). The molecule has 1 N–H and O–H groups in total. The summed E-state index contributed by atoms with van der Waals surface area (Å²) in [6.07, 6.45) is 0. The Kier molecular flexibility index (Phi) is 4.58. The number of carbonyl (C=O) groups is 2. The molecular formula is C17H16O5. The lowest BCUT2D eigenvalue weighted by Crippen LogP contribution is -2.45. The quantitative estimate of drug-likeness (QED) is 0.655. The number of hydrogen-bond acceptors (Lipinski definition) is 4. The number of carboxylic acids is 1. The SMILES string of the molecule is COc1ccccc1C(OC)(C(=O)O)C(=O)c1ccccc1. The minimum absolute atomic E-state index is 0.154. The lowest BCUT2D eigenvalue weighted by atomic mass is 9.85. The van der Waals surface area contributed by atoms with Gasteiger partial charge in [0.25, 0.3) is 5.60 Å². The van der Waals surface area contributed by atoms with Gasteiger partial charge in [0, 0.05) is 18.2 Å². The lowest BCUT2D eigenvalue weighted by molar-refractivity contribution is -0.157. The number of carboxylic acid groups (broad SMARTS) is 1. The van der Waals surface area contributed by atoms with Gasteiger partial charge in [0.2, 0.25) is 5.78 Å². The van der Waals surface area contributed by atoms with Crippen molar-refractivity contribution in [2.75, 3.05) is 14.2 Å². The number of rotatable bonds is 6. The molecule has 2 aromatic rings. The maximum absolute atomic E-state index is 12.8. The van der Waals surface area contributed by atoms with Gasteiger partial charge in [-0.2, -0.15) is 0 Å². The van der Waals surface area contributed by atoms with Gasteiger partial charge >= 0.3 is 5.97 Å². The second kappa shape index (κ2) is 6.41. The van der Waals surface area contributed by atoms with E-state index >= 15 is 0 Å². The summed E-state index contributed by atoms with van der Waals surface area (Å²) in [6.45, 7) is 0. The van der Waals surface area contributed by atoms with Gasteiger partial charge in [0.15, 0.2) is 0 Å². The van der Waals surface area contributed by atoms with Gasteiger partial charge in [0.05, 0.1) is 7.11 Å². The van der Waals surface area contributed by atoms with Crippen molar-refractivity contribution in [2.45, 2.75) is 5.60 Å². The number of hydrogen-bond donors (Lipinski definition) is 1. The van der Waals surface area contributed by atoms with Crippen molar-refractivity contribution in [3.05, 3.63) is 65.7 Å². The highest BCUT2D eigenvalue weighted by Gasteiger charge is 2.50. The summed E-state index contributed by atoms with van der Waals surface area (Å²) in [6, 6.07) is 14.6. The zero-order valence-corrected chi connectivity index (χ0v) is 12.3. The molecule has 1 unspecified atom stereocenters. The van der Waals surface area contributed by atoms with E-state index in [9.17, 15) is 14.7 Å². The highest BCUT2D eigenvalue weighted by Crippen LogP contribution is 2.36. The van der Waals surface area contributed by atoms with E-state index in [-0.39, 0.29) is 16.9 Å². The van der Waals surface area contributed by atoms with Crippen molar-refractivity contribution in [3.63, 3.8) is 0 Å². The molecule has 0 saturated heterocycles. The molecule has 0 amide bonds. The molecule has 1 atom stereocenters. The van der Waals surface area contributed by atoms with Crippen molar-refractivity contribution in [2.24, 2.45) is 0 Å². The Hall–Kier alpha value is -2.66. The molecule has 114 valence electrons. The predicted octanol–water partition coefficient (Wildman–Crippen LogP) is 2.50. The fraction of sp³-hybridized carbons (Fsp3) is 0.176. The van der Waals surface area contributed by atoms with Crippen LogP contribution in [-0.4, -0.2) is 31.1 Å². The maximum atomic E-state index is 12.8. The first-order valence-electron chi connectivity index (χ1n) is 6.59. The smallest absolute Gasteiger partial charge is 0.349 e. The summed E-state index contributed by atoms with van der Waals surface area (Å²) in [5.74, 6) is -1.78. The van der Waals surface area contributed by atoms with Crippen LogP contribution in [-0.2, 0) is 15.1 Å². The highest BCUT2D eigenvalue weighted by molar-refractivity contribution is 6.15. The summed E-state index contributed by atoms with van der Waals surface area (Å²) in [5.41, 5.74) is -1.76. The third-order valence-electron chi connectivity index (χ3n) is 3.45. The Morgan fingerprint density at radius 3 is 2.09 bits per heavy atom. The number of benzene rings is 2.